The minimum Gasteiger partial charge on any atom is -0.454 e. The van der Waals surface area contributed by atoms with Crippen LogP contribution in [0.1, 0.15) is 27.5 Å². The lowest BCUT2D eigenvalue weighted by Gasteiger charge is -2.10. The van der Waals surface area contributed by atoms with E-state index >= 15 is 0 Å². The van der Waals surface area contributed by atoms with Crippen molar-refractivity contribution in [2.75, 3.05) is 14.1 Å². The summed E-state index contributed by atoms with van der Waals surface area (Å²) in [6.07, 6.45) is 0. The van der Waals surface area contributed by atoms with Crippen LogP contribution >= 0.6 is 0 Å². The van der Waals surface area contributed by atoms with Gasteiger partial charge in [-0.2, -0.15) is 0 Å². The highest BCUT2D eigenvalue weighted by Gasteiger charge is 2.23. The normalized spacial score (nSPS) is 11.8. The first kappa shape index (κ1) is 20.8. The summed E-state index contributed by atoms with van der Waals surface area (Å²) in [7, 11) is -0.899. The van der Waals surface area contributed by atoms with Gasteiger partial charge < -0.3 is 13.7 Å². The van der Waals surface area contributed by atoms with Gasteiger partial charge in [0, 0.05) is 31.2 Å². The molecule has 0 amide bonds. The number of aryl methyl sites for hydroxylation is 1. The molecule has 0 saturated heterocycles. The number of aromatic nitrogens is 1. The predicted molar refractivity (Wildman–Crippen MR) is 104 cm³/mol. The minimum atomic E-state index is -3.69. The van der Waals surface area contributed by atoms with Gasteiger partial charge in [-0.1, -0.05) is 0 Å². The molecule has 0 bridgehead atoms. The third kappa shape index (κ3) is 4.10. The van der Waals surface area contributed by atoms with Gasteiger partial charge in [-0.25, -0.2) is 21.9 Å². The number of ether oxygens (including phenoxy) is 1. The fourth-order valence-corrected chi connectivity index (χ4v) is 3.74. The molecule has 0 N–H and O–H groups in total. The number of halogens is 1. The molecule has 29 heavy (non-hydrogen) atoms. The highest BCUT2D eigenvalue weighted by atomic mass is 32.2. The zero-order chi connectivity index (χ0) is 21.3. The van der Waals surface area contributed by atoms with Gasteiger partial charge in [-0.15, -0.1) is 0 Å². The van der Waals surface area contributed by atoms with Crippen LogP contribution in [0.2, 0.25) is 0 Å². The SMILES string of the molecule is Cc1cc(C(=O)OCc2ccc(S(=O)(=O)N(C)C)o2)c(C)n1-c1ccc(F)cc1. The molecule has 0 fully saturated rings. The van der Waals surface area contributed by atoms with Crippen molar-refractivity contribution < 1.29 is 26.8 Å². The maximum absolute atomic E-state index is 13.2. The second-order valence-corrected chi connectivity index (χ2v) is 8.76. The molecule has 0 atom stereocenters. The lowest BCUT2D eigenvalue weighted by molar-refractivity contribution is 0.0440. The average molecular weight is 420 g/mol. The van der Waals surface area contributed by atoms with Crippen molar-refractivity contribution in [2.45, 2.75) is 25.5 Å². The Balaban J connectivity index is 1.76. The van der Waals surface area contributed by atoms with Crippen molar-refractivity contribution in [1.82, 2.24) is 8.87 Å². The number of carbonyl (C=O) groups excluding carboxylic acids is 1. The predicted octanol–water partition coefficient (Wildman–Crippen LogP) is 3.43. The van der Waals surface area contributed by atoms with E-state index in [9.17, 15) is 17.6 Å². The summed E-state index contributed by atoms with van der Waals surface area (Å²) in [5, 5.41) is -0.219. The third-order valence-corrected chi connectivity index (χ3v) is 6.14. The van der Waals surface area contributed by atoms with E-state index in [2.05, 4.69) is 0 Å². The van der Waals surface area contributed by atoms with Gasteiger partial charge in [0.1, 0.15) is 18.2 Å². The summed E-state index contributed by atoms with van der Waals surface area (Å²) >= 11 is 0. The first-order valence-corrected chi connectivity index (χ1v) is 10.2. The standard InChI is InChI=1S/C20H21FN2O5S/c1-13-11-18(14(2)23(13)16-7-5-15(21)6-8-16)20(24)27-12-17-9-10-19(28-17)29(25,26)22(3)4/h5-11H,12H2,1-4H3. The van der Waals surface area contributed by atoms with Crippen LogP contribution in [0.25, 0.3) is 5.69 Å². The summed E-state index contributed by atoms with van der Waals surface area (Å²) in [5.74, 6) is -0.698. The van der Waals surface area contributed by atoms with E-state index in [1.807, 2.05) is 11.5 Å². The molecule has 0 spiro atoms. The van der Waals surface area contributed by atoms with Gasteiger partial charge in [0.2, 0.25) is 5.09 Å². The lowest BCUT2D eigenvalue weighted by Crippen LogP contribution is -2.21. The number of furan rings is 1. The molecule has 0 aliphatic heterocycles. The number of nitrogens with zero attached hydrogens (tertiary/aromatic N) is 2. The summed E-state index contributed by atoms with van der Waals surface area (Å²) in [6, 6.07) is 10.4. The Hall–Kier alpha value is -2.91. The molecule has 0 aliphatic rings. The zero-order valence-electron chi connectivity index (χ0n) is 16.5. The van der Waals surface area contributed by atoms with Crippen molar-refractivity contribution in [1.29, 1.82) is 0 Å². The molecule has 9 heteroatoms. The van der Waals surface area contributed by atoms with Crippen molar-refractivity contribution in [3.05, 3.63) is 71.0 Å². The van der Waals surface area contributed by atoms with Gasteiger partial charge in [-0.3, -0.25) is 0 Å². The van der Waals surface area contributed by atoms with Crippen molar-refractivity contribution in [3.8, 4) is 5.69 Å². The number of esters is 1. The van der Waals surface area contributed by atoms with Crippen LogP contribution < -0.4 is 0 Å². The average Bonchev–Trinajstić information content (AvgIpc) is 3.26. The highest BCUT2D eigenvalue weighted by Crippen LogP contribution is 2.23. The monoisotopic (exact) mass is 420 g/mol. The second kappa shape index (κ2) is 7.84. The van der Waals surface area contributed by atoms with Crippen molar-refractivity contribution >= 4 is 16.0 Å². The van der Waals surface area contributed by atoms with Crippen LogP contribution in [0.5, 0.6) is 0 Å². The quantitative estimate of drug-likeness (QED) is 0.571. The Morgan fingerprint density at radius 3 is 2.41 bits per heavy atom. The molecule has 3 aromatic rings. The molecule has 0 unspecified atom stereocenters. The van der Waals surface area contributed by atoms with Crippen LogP contribution in [0, 0.1) is 19.7 Å². The van der Waals surface area contributed by atoms with Crippen LogP contribution in [0.15, 0.2) is 52.0 Å². The van der Waals surface area contributed by atoms with Crippen LogP contribution in [0.4, 0.5) is 4.39 Å². The van der Waals surface area contributed by atoms with Crippen molar-refractivity contribution in [2.24, 2.45) is 0 Å². The highest BCUT2D eigenvalue weighted by molar-refractivity contribution is 7.88. The van der Waals surface area contributed by atoms with Gasteiger partial charge in [0.05, 0.1) is 5.56 Å². The van der Waals surface area contributed by atoms with E-state index in [1.54, 1.807) is 25.1 Å². The Kier molecular flexibility index (Phi) is 5.63. The van der Waals surface area contributed by atoms with Gasteiger partial charge in [-0.05, 0) is 56.3 Å². The lowest BCUT2D eigenvalue weighted by atomic mass is 10.2. The van der Waals surface area contributed by atoms with Crippen molar-refractivity contribution in [3.63, 3.8) is 0 Å². The number of hydrogen-bond donors (Lipinski definition) is 0. The van der Waals surface area contributed by atoms with E-state index in [4.69, 9.17) is 9.15 Å². The minimum absolute atomic E-state index is 0.206. The maximum atomic E-state index is 13.2. The number of hydrogen-bond acceptors (Lipinski definition) is 5. The molecular weight excluding hydrogens is 399 g/mol. The number of benzene rings is 1. The summed E-state index contributed by atoms with van der Waals surface area (Å²) < 4.78 is 50.7. The van der Waals surface area contributed by atoms with E-state index in [0.717, 1.165) is 15.7 Å². The van der Waals surface area contributed by atoms with Gasteiger partial charge >= 0.3 is 5.97 Å². The molecule has 3 rings (SSSR count). The first-order chi connectivity index (χ1) is 13.6. The number of rotatable bonds is 6. The Bertz CT molecular complexity index is 1140. The number of carbonyl (C=O) groups is 1. The molecule has 2 heterocycles. The molecule has 7 nitrogen and oxygen atoms in total. The second-order valence-electron chi connectivity index (χ2n) is 6.68. The van der Waals surface area contributed by atoms with Gasteiger partial charge in [0.25, 0.3) is 10.0 Å². The molecule has 1 aromatic carbocycles. The Labute approximate surface area is 168 Å². The van der Waals surface area contributed by atoms with Gasteiger partial charge in [0.15, 0.2) is 0 Å². The summed E-state index contributed by atoms with van der Waals surface area (Å²) in [5.41, 5.74) is 2.53. The molecule has 2 aromatic heterocycles. The maximum Gasteiger partial charge on any atom is 0.340 e. The molecule has 154 valence electrons. The Morgan fingerprint density at radius 1 is 1.14 bits per heavy atom. The topological polar surface area (TPSA) is 81.8 Å². The Morgan fingerprint density at radius 2 is 1.79 bits per heavy atom. The smallest absolute Gasteiger partial charge is 0.340 e. The number of sulfonamides is 1. The van der Waals surface area contributed by atoms with Crippen LogP contribution in [-0.4, -0.2) is 37.4 Å². The fourth-order valence-electron chi connectivity index (χ4n) is 2.93. The first-order valence-electron chi connectivity index (χ1n) is 8.74. The van der Waals surface area contributed by atoms with E-state index in [-0.39, 0.29) is 23.3 Å². The fraction of sp³-hybridized carbons (Fsp3) is 0.250. The molecule has 0 aliphatic carbocycles. The van der Waals surface area contributed by atoms with E-state index < -0.39 is 16.0 Å². The van der Waals surface area contributed by atoms with Crippen LogP contribution in [-0.2, 0) is 21.4 Å². The summed E-state index contributed by atoms with van der Waals surface area (Å²) in [6.45, 7) is 3.39. The largest absolute Gasteiger partial charge is 0.454 e. The molecular formula is C20H21FN2O5S. The summed E-state index contributed by atoms with van der Waals surface area (Å²) in [4.78, 5) is 12.5. The third-order valence-electron chi connectivity index (χ3n) is 4.45. The molecule has 0 radical (unpaired) electrons. The zero-order valence-corrected chi connectivity index (χ0v) is 17.3. The molecule has 0 saturated carbocycles. The van der Waals surface area contributed by atoms with Crippen LogP contribution in [0.3, 0.4) is 0 Å². The van der Waals surface area contributed by atoms with E-state index in [0.29, 0.717) is 11.3 Å². The van der Waals surface area contributed by atoms with E-state index in [1.165, 1.54) is 38.4 Å².